The van der Waals surface area contributed by atoms with Crippen LogP contribution in [0.2, 0.25) is 0 Å². The van der Waals surface area contributed by atoms with Crippen LogP contribution >= 0.6 is 0 Å². The third kappa shape index (κ3) is 4.82. The van der Waals surface area contributed by atoms with Crippen LogP contribution in [0.15, 0.2) is 18.2 Å². The third-order valence-corrected chi connectivity index (χ3v) is 3.38. The molecule has 1 atom stereocenters. The van der Waals surface area contributed by atoms with Gasteiger partial charge >= 0.3 is 6.61 Å². The van der Waals surface area contributed by atoms with E-state index in [1.54, 1.807) is 12.1 Å². The first-order chi connectivity index (χ1) is 10.1. The van der Waals surface area contributed by atoms with Gasteiger partial charge in [0.15, 0.2) is 11.5 Å². The van der Waals surface area contributed by atoms with E-state index in [0.717, 1.165) is 31.7 Å². The van der Waals surface area contributed by atoms with Crippen molar-refractivity contribution in [2.45, 2.75) is 33.0 Å². The lowest BCUT2D eigenvalue weighted by Gasteiger charge is -2.31. The van der Waals surface area contributed by atoms with Gasteiger partial charge in [0.2, 0.25) is 0 Å². The van der Waals surface area contributed by atoms with Crippen molar-refractivity contribution in [3.8, 4) is 11.5 Å². The summed E-state index contributed by atoms with van der Waals surface area (Å²) in [7, 11) is 0. The van der Waals surface area contributed by atoms with Gasteiger partial charge in [0.1, 0.15) is 0 Å². The lowest BCUT2D eigenvalue weighted by molar-refractivity contribution is -0.0514. The fourth-order valence-corrected chi connectivity index (χ4v) is 2.53. The Bertz CT molecular complexity index is 457. The fourth-order valence-electron chi connectivity index (χ4n) is 2.53. The molecule has 0 amide bonds. The van der Waals surface area contributed by atoms with Crippen LogP contribution < -0.4 is 14.8 Å². The lowest BCUT2D eigenvalue weighted by Crippen LogP contribution is -2.48. The molecule has 6 heteroatoms. The summed E-state index contributed by atoms with van der Waals surface area (Å²) < 4.78 is 34.6. The molecule has 1 fully saturated rings. The minimum Gasteiger partial charge on any atom is -0.490 e. The van der Waals surface area contributed by atoms with Gasteiger partial charge in [0, 0.05) is 32.2 Å². The molecule has 1 saturated heterocycles. The van der Waals surface area contributed by atoms with Gasteiger partial charge < -0.3 is 14.8 Å². The molecule has 0 spiro atoms. The molecule has 1 aromatic carbocycles. The van der Waals surface area contributed by atoms with Gasteiger partial charge in [-0.1, -0.05) is 6.07 Å². The predicted octanol–water partition coefficient (Wildman–Crippen LogP) is 2.48. The normalized spacial score (nSPS) is 19.8. The number of benzene rings is 1. The summed E-state index contributed by atoms with van der Waals surface area (Å²) >= 11 is 0. The first-order valence-corrected chi connectivity index (χ1v) is 7.24. The molecule has 1 unspecified atom stereocenters. The quantitative estimate of drug-likeness (QED) is 0.875. The maximum Gasteiger partial charge on any atom is 0.387 e. The van der Waals surface area contributed by atoms with Gasteiger partial charge in [0.05, 0.1) is 6.61 Å². The minimum atomic E-state index is -2.84. The molecule has 0 saturated carbocycles. The van der Waals surface area contributed by atoms with Crippen molar-refractivity contribution in [3.63, 3.8) is 0 Å². The Morgan fingerprint density at radius 3 is 2.86 bits per heavy atom. The summed E-state index contributed by atoms with van der Waals surface area (Å²) in [5.41, 5.74) is 1.04. The molecule has 2 rings (SSSR count). The molecule has 0 aliphatic carbocycles. The average Bonchev–Trinajstić information content (AvgIpc) is 2.41. The second kappa shape index (κ2) is 7.56. The molecule has 1 aromatic rings. The van der Waals surface area contributed by atoms with Crippen molar-refractivity contribution in [2.24, 2.45) is 0 Å². The van der Waals surface area contributed by atoms with Crippen LogP contribution in [0.1, 0.15) is 19.4 Å². The van der Waals surface area contributed by atoms with Crippen LogP contribution in [0.4, 0.5) is 8.78 Å². The predicted molar refractivity (Wildman–Crippen MR) is 77.0 cm³/mol. The SMILES string of the molecule is CCOc1cc(CN2CCNC(C)C2)ccc1OC(F)F. The molecule has 0 bridgehead atoms. The highest BCUT2D eigenvalue weighted by Crippen LogP contribution is 2.30. The highest BCUT2D eigenvalue weighted by Gasteiger charge is 2.17. The topological polar surface area (TPSA) is 33.7 Å². The molecule has 1 aliphatic rings. The van der Waals surface area contributed by atoms with E-state index in [0.29, 0.717) is 18.4 Å². The summed E-state index contributed by atoms with van der Waals surface area (Å²) in [4.78, 5) is 2.33. The van der Waals surface area contributed by atoms with Gasteiger partial charge in [-0.15, -0.1) is 0 Å². The maximum atomic E-state index is 12.4. The number of halogens is 2. The zero-order valence-electron chi connectivity index (χ0n) is 12.4. The third-order valence-electron chi connectivity index (χ3n) is 3.38. The van der Waals surface area contributed by atoms with E-state index in [2.05, 4.69) is 21.9 Å². The van der Waals surface area contributed by atoms with E-state index in [1.165, 1.54) is 0 Å². The smallest absolute Gasteiger partial charge is 0.387 e. The van der Waals surface area contributed by atoms with E-state index in [1.807, 2.05) is 13.0 Å². The van der Waals surface area contributed by atoms with Crippen LogP contribution in [0.5, 0.6) is 11.5 Å². The number of ether oxygens (including phenoxy) is 2. The average molecular weight is 300 g/mol. The number of hydrogen-bond donors (Lipinski definition) is 1. The van der Waals surface area contributed by atoms with Gasteiger partial charge in [-0.25, -0.2) is 0 Å². The summed E-state index contributed by atoms with van der Waals surface area (Å²) in [6.07, 6.45) is 0. The molecule has 1 heterocycles. The van der Waals surface area contributed by atoms with Crippen molar-refractivity contribution < 1.29 is 18.3 Å². The highest BCUT2D eigenvalue weighted by atomic mass is 19.3. The summed E-state index contributed by atoms with van der Waals surface area (Å²) in [6, 6.07) is 5.62. The van der Waals surface area contributed by atoms with Crippen LogP contribution in [0.25, 0.3) is 0 Å². The van der Waals surface area contributed by atoms with Crippen molar-refractivity contribution >= 4 is 0 Å². The Balaban J connectivity index is 2.07. The van der Waals surface area contributed by atoms with Crippen LogP contribution in [0, 0.1) is 0 Å². The molecule has 1 N–H and O–H groups in total. The van der Waals surface area contributed by atoms with Crippen molar-refractivity contribution in [1.82, 2.24) is 10.2 Å². The van der Waals surface area contributed by atoms with E-state index in [4.69, 9.17) is 4.74 Å². The minimum absolute atomic E-state index is 0.0873. The Hall–Kier alpha value is -1.40. The molecule has 21 heavy (non-hydrogen) atoms. The monoisotopic (exact) mass is 300 g/mol. The molecule has 118 valence electrons. The molecular formula is C15H22F2N2O2. The zero-order valence-corrected chi connectivity index (χ0v) is 12.4. The maximum absolute atomic E-state index is 12.4. The number of rotatable bonds is 6. The second-order valence-electron chi connectivity index (χ2n) is 5.18. The summed E-state index contributed by atoms with van der Waals surface area (Å²) in [6.45, 7) is 5.22. The van der Waals surface area contributed by atoms with Gasteiger partial charge in [-0.2, -0.15) is 8.78 Å². The van der Waals surface area contributed by atoms with Crippen molar-refractivity contribution in [3.05, 3.63) is 23.8 Å². The van der Waals surface area contributed by atoms with E-state index in [-0.39, 0.29) is 5.75 Å². The second-order valence-corrected chi connectivity index (χ2v) is 5.18. The molecule has 4 nitrogen and oxygen atoms in total. The molecule has 1 aliphatic heterocycles. The number of nitrogens with one attached hydrogen (secondary N) is 1. The summed E-state index contributed by atoms with van der Waals surface area (Å²) in [5, 5.41) is 3.39. The standard InChI is InChI=1S/C15H22F2N2O2/c1-3-20-14-8-12(4-5-13(14)21-15(16)17)10-19-7-6-18-11(2)9-19/h4-5,8,11,15,18H,3,6-7,9-10H2,1-2H3. The van der Waals surface area contributed by atoms with Crippen molar-refractivity contribution in [2.75, 3.05) is 26.2 Å². The van der Waals surface area contributed by atoms with Gasteiger partial charge in [0.25, 0.3) is 0 Å². The number of alkyl halides is 2. The van der Waals surface area contributed by atoms with Crippen LogP contribution in [0.3, 0.4) is 0 Å². The highest BCUT2D eigenvalue weighted by molar-refractivity contribution is 5.43. The Labute approximate surface area is 124 Å². The van der Waals surface area contributed by atoms with E-state index < -0.39 is 6.61 Å². The summed E-state index contributed by atoms with van der Waals surface area (Å²) in [5.74, 6) is 0.461. The van der Waals surface area contributed by atoms with Crippen LogP contribution in [-0.4, -0.2) is 43.8 Å². The Kier molecular flexibility index (Phi) is 5.76. The fraction of sp³-hybridized carbons (Fsp3) is 0.600. The van der Waals surface area contributed by atoms with E-state index >= 15 is 0 Å². The lowest BCUT2D eigenvalue weighted by atomic mass is 10.1. The van der Waals surface area contributed by atoms with E-state index in [9.17, 15) is 8.78 Å². The Morgan fingerprint density at radius 1 is 1.38 bits per heavy atom. The first-order valence-electron chi connectivity index (χ1n) is 7.24. The van der Waals surface area contributed by atoms with Gasteiger partial charge in [-0.3, -0.25) is 4.90 Å². The number of nitrogens with zero attached hydrogens (tertiary/aromatic N) is 1. The Morgan fingerprint density at radius 2 is 2.19 bits per heavy atom. The number of hydrogen-bond acceptors (Lipinski definition) is 4. The number of piperazine rings is 1. The molecular weight excluding hydrogens is 278 g/mol. The zero-order chi connectivity index (χ0) is 15.2. The first kappa shape index (κ1) is 16.0. The largest absolute Gasteiger partial charge is 0.490 e. The molecule has 0 radical (unpaired) electrons. The molecule has 0 aromatic heterocycles. The van der Waals surface area contributed by atoms with Gasteiger partial charge in [-0.05, 0) is 31.5 Å². The van der Waals surface area contributed by atoms with Crippen molar-refractivity contribution in [1.29, 1.82) is 0 Å². The van der Waals surface area contributed by atoms with Crippen LogP contribution in [-0.2, 0) is 6.54 Å².